The van der Waals surface area contributed by atoms with E-state index in [2.05, 4.69) is 12.1 Å². The Morgan fingerprint density at radius 3 is 2.73 bits per heavy atom. The number of methoxy groups -OCH3 is 1. The van der Waals surface area contributed by atoms with E-state index in [1.165, 1.54) is 18.2 Å². The van der Waals surface area contributed by atoms with Gasteiger partial charge in [-0.25, -0.2) is 0 Å². The van der Waals surface area contributed by atoms with Crippen LogP contribution in [-0.2, 0) is 25.5 Å². The highest BCUT2D eigenvalue weighted by atomic mass is 16.5. The maximum Gasteiger partial charge on any atom is 0.309 e. The lowest BCUT2D eigenvalue weighted by Gasteiger charge is -2.36. The molecular weight excluding hydrogens is 280 g/mol. The van der Waals surface area contributed by atoms with Gasteiger partial charge in [-0.15, -0.1) is 0 Å². The number of carbonyl (C=O) groups excluding carboxylic acids is 2. The van der Waals surface area contributed by atoms with Gasteiger partial charge in [-0.05, 0) is 36.8 Å². The van der Waals surface area contributed by atoms with E-state index in [4.69, 9.17) is 9.47 Å². The fraction of sp³-hybridized carbons (Fsp3) is 0.556. The molecule has 3 atom stereocenters. The van der Waals surface area contributed by atoms with Gasteiger partial charge in [0, 0.05) is 12.3 Å². The van der Waals surface area contributed by atoms with E-state index in [1.807, 2.05) is 26.0 Å². The SMILES string of the molecule is CCOC(=O)CC1CCc2ccccc2C1C(C)C(=O)OC. The first-order valence-corrected chi connectivity index (χ1v) is 7.89. The van der Waals surface area contributed by atoms with Gasteiger partial charge in [-0.3, -0.25) is 9.59 Å². The fourth-order valence-corrected chi connectivity index (χ4v) is 3.53. The molecule has 0 spiro atoms. The predicted octanol–water partition coefficient (Wildman–Crippen LogP) is 3.09. The van der Waals surface area contributed by atoms with Crippen molar-refractivity contribution in [1.29, 1.82) is 0 Å². The maximum atomic E-state index is 12.0. The average molecular weight is 304 g/mol. The van der Waals surface area contributed by atoms with Crippen LogP contribution in [0.25, 0.3) is 0 Å². The van der Waals surface area contributed by atoms with E-state index in [1.54, 1.807) is 0 Å². The van der Waals surface area contributed by atoms with Gasteiger partial charge in [-0.2, -0.15) is 0 Å². The molecule has 1 aliphatic rings. The minimum atomic E-state index is -0.272. The third-order valence-electron chi connectivity index (χ3n) is 4.55. The molecular formula is C18H24O4. The van der Waals surface area contributed by atoms with Gasteiger partial charge in [0.05, 0.1) is 19.6 Å². The molecule has 1 aromatic carbocycles. The molecule has 0 fully saturated rings. The van der Waals surface area contributed by atoms with Crippen LogP contribution in [0, 0.1) is 11.8 Å². The molecule has 1 aliphatic carbocycles. The van der Waals surface area contributed by atoms with Crippen molar-refractivity contribution >= 4 is 11.9 Å². The molecule has 1 aromatic rings. The van der Waals surface area contributed by atoms with Crippen LogP contribution in [0.4, 0.5) is 0 Å². The second kappa shape index (κ2) is 7.43. The summed E-state index contributed by atoms with van der Waals surface area (Å²) in [5.74, 6) is -0.569. The van der Waals surface area contributed by atoms with Crippen LogP contribution in [0.1, 0.15) is 43.7 Å². The minimum Gasteiger partial charge on any atom is -0.469 e. The zero-order valence-electron chi connectivity index (χ0n) is 13.5. The van der Waals surface area contributed by atoms with Crippen molar-refractivity contribution in [3.8, 4) is 0 Å². The molecule has 2 rings (SSSR count). The molecule has 0 heterocycles. The number of benzene rings is 1. The number of fused-ring (bicyclic) bond motifs is 1. The average Bonchev–Trinajstić information content (AvgIpc) is 2.53. The molecule has 0 aromatic heterocycles. The second-order valence-corrected chi connectivity index (χ2v) is 5.84. The van der Waals surface area contributed by atoms with Crippen molar-refractivity contribution in [3.63, 3.8) is 0 Å². The minimum absolute atomic E-state index is 0.00167. The number of hydrogen-bond donors (Lipinski definition) is 0. The van der Waals surface area contributed by atoms with Gasteiger partial charge in [-0.1, -0.05) is 31.2 Å². The zero-order valence-corrected chi connectivity index (χ0v) is 13.5. The Bertz CT molecular complexity index is 538. The lowest BCUT2D eigenvalue weighted by Crippen LogP contribution is -2.32. The largest absolute Gasteiger partial charge is 0.469 e. The smallest absolute Gasteiger partial charge is 0.309 e. The van der Waals surface area contributed by atoms with Crippen LogP contribution >= 0.6 is 0 Å². The number of hydrogen-bond acceptors (Lipinski definition) is 4. The summed E-state index contributed by atoms with van der Waals surface area (Å²) < 4.78 is 10.0. The first-order valence-electron chi connectivity index (χ1n) is 7.89. The Balaban J connectivity index is 2.29. The summed E-state index contributed by atoms with van der Waals surface area (Å²) in [5.41, 5.74) is 2.43. The van der Waals surface area contributed by atoms with E-state index in [0.29, 0.717) is 13.0 Å². The molecule has 120 valence electrons. The van der Waals surface area contributed by atoms with Crippen molar-refractivity contribution in [2.24, 2.45) is 11.8 Å². The topological polar surface area (TPSA) is 52.6 Å². The van der Waals surface area contributed by atoms with Gasteiger partial charge in [0.1, 0.15) is 0 Å². The van der Waals surface area contributed by atoms with E-state index in [9.17, 15) is 9.59 Å². The van der Waals surface area contributed by atoms with E-state index >= 15 is 0 Å². The molecule has 0 radical (unpaired) electrons. The Labute approximate surface area is 131 Å². The summed E-state index contributed by atoms with van der Waals surface area (Å²) in [7, 11) is 1.41. The molecule has 0 saturated heterocycles. The lowest BCUT2D eigenvalue weighted by atomic mass is 9.68. The molecule has 0 aliphatic heterocycles. The molecule has 3 unspecified atom stereocenters. The van der Waals surface area contributed by atoms with Crippen molar-refractivity contribution in [2.75, 3.05) is 13.7 Å². The van der Waals surface area contributed by atoms with Crippen LogP contribution in [0.5, 0.6) is 0 Å². The highest BCUT2D eigenvalue weighted by Crippen LogP contribution is 2.43. The Morgan fingerprint density at radius 1 is 1.32 bits per heavy atom. The van der Waals surface area contributed by atoms with Crippen LogP contribution in [0.15, 0.2) is 24.3 Å². The highest BCUT2D eigenvalue weighted by molar-refractivity contribution is 5.74. The lowest BCUT2D eigenvalue weighted by molar-refractivity contribution is -0.149. The summed E-state index contributed by atoms with van der Waals surface area (Å²) in [6, 6.07) is 8.18. The summed E-state index contributed by atoms with van der Waals surface area (Å²) in [6.07, 6.45) is 2.18. The number of aryl methyl sites for hydroxylation is 1. The number of rotatable bonds is 5. The highest BCUT2D eigenvalue weighted by Gasteiger charge is 2.38. The fourth-order valence-electron chi connectivity index (χ4n) is 3.53. The normalized spacial score (nSPS) is 21.6. The molecule has 4 nitrogen and oxygen atoms in total. The summed E-state index contributed by atoms with van der Waals surface area (Å²) in [4.78, 5) is 23.9. The number of esters is 2. The quantitative estimate of drug-likeness (QED) is 0.784. The Hall–Kier alpha value is -1.84. The van der Waals surface area contributed by atoms with Crippen LogP contribution < -0.4 is 0 Å². The molecule has 0 amide bonds. The third kappa shape index (κ3) is 3.49. The summed E-state index contributed by atoms with van der Waals surface area (Å²) in [6.45, 7) is 4.08. The first-order chi connectivity index (χ1) is 10.6. The van der Waals surface area contributed by atoms with Crippen molar-refractivity contribution in [3.05, 3.63) is 35.4 Å². The van der Waals surface area contributed by atoms with Crippen molar-refractivity contribution in [2.45, 2.75) is 39.0 Å². The third-order valence-corrected chi connectivity index (χ3v) is 4.55. The predicted molar refractivity (Wildman–Crippen MR) is 83.4 cm³/mol. The zero-order chi connectivity index (χ0) is 16.1. The van der Waals surface area contributed by atoms with Crippen LogP contribution in [0.2, 0.25) is 0 Å². The number of ether oxygens (including phenoxy) is 2. The summed E-state index contributed by atoms with van der Waals surface area (Å²) >= 11 is 0. The monoisotopic (exact) mass is 304 g/mol. The van der Waals surface area contributed by atoms with E-state index in [0.717, 1.165) is 12.8 Å². The molecule has 4 heteroatoms. The van der Waals surface area contributed by atoms with Crippen molar-refractivity contribution < 1.29 is 19.1 Å². The van der Waals surface area contributed by atoms with Crippen molar-refractivity contribution in [1.82, 2.24) is 0 Å². The molecule has 0 saturated carbocycles. The maximum absolute atomic E-state index is 12.0. The van der Waals surface area contributed by atoms with E-state index in [-0.39, 0.29) is 29.7 Å². The number of carbonyl (C=O) groups is 2. The molecule has 22 heavy (non-hydrogen) atoms. The standard InChI is InChI=1S/C18H24O4/c1-4-22-16(19)11-14-10-9-13-7-5-6-8-15(13)17(14)12(2)18(20)21-3/h5-8,12,14,17H,4,9-11H2,1-3H3. The van der Waals surface area contributed by atoms with Crippen LogP contribution in [-0.4, -0.2) is 25.7 Å². The van der Waals surface area contributed by atoms with Gasteiger partial charge < -0.3 is 9.47 Å². The molecule has 0 N–H and O–H groups in total. The van der Waals surface area contributed by atoms with Gasteiger partial charge in [0.25, 0.3) is 0 Å². The van der Waals surface area contributed by atoms with Crippen LogP contribution in [0.3, 0.4) is 0 Å². The van der Waals surface area contributed by atoms with Gasteiger partial charge in [0.2, 0.25) is 0 Å². The van der Waals surface area contributed by atoms with E-state index < -0.39 is 0 Å². The molecule has 0 bridgehead atoms. The first kappa shape index (κ1) is 16.5. The summed E-state index contributed by atoms with van der Waals surface area (Å²) in [5, 5.41) is 0. The van der Waals surface area contributed by atoms with Gasteiger partial charge in [0.15, 0.2) is 0 Å². The van der Waals surface area contributed by atoms with Gasteiger partial charge >= 0.3 is 11.9 Å². The second-order valence-electron chi connectivity index (χ2n) is 5.84. The Kier molecular flexibility index (Phi) is 5.58. The Morgan fingerprint density at radius 2 is 2.05 bits per heavy atom.